The van der Waals surface area contributed by atoms with Crippen LogP contribution < -0.4 is 0 Å². The summed E-state index contributed by atoms with van der Waals surface area (Å²) >= 11 is 0. The Hall–Kier alpha value is -6.29. The average Bonchev–Trinajstić information content (AvgIpc) is 3.73. The molecule has 0 saturated carbocycles. The number of aromatic nitrogens is 8. The molecule has 0 aliphatic carbocycles. The molecule has 0 aliphatic heterocycles. The lowest BCUT2D eigenvalue weighted by Gasteiger charge is -1.98. The van der Waals surface area contributed by atoms with Gasteiger partial charge in [-0.3, -0.25) is 0 Å². The molecule has 0 amide bonds. The van der Waals surface area contributed by atoms with Crippen molar-refractivity contribution < 1.29 is 9.50 Å². The van der Waals surface area contributed by atoms with Crippen molar-refractivity contribution in [3.63, 3.8) is 0 Å². The number of pyridine rings is 4. The van der Waals surface area contributed by atoms with Crippen LogP contribution in [-0.2, 0) is 0 Å². The van der Waals surface area contributed by atoms with Crippen molar-refractivity contribution >= 4 is 57.4 Å². The molecule has 230 valence electrons. The highest BCUT2D eigenvalue weighted by Gasteiger charge is 2.08. The number of nitrogens with zero attached hydrogens (tertiary/aromatic N) is 8. The van der Waals surface area contributed by atoms with E-state index in [1.54, 1.807) is 40.9 Å². The lowest BCUT2D eigenvalue weighted by molar-refractivity contribution is 0.476. The summed E-state index contributed by atoms with van der Waals surface area (Å²) < 4.78 is 16.7. The van der Waals surface area contributed by atoms with Crippen LogP contribution in [0.3, 0.4) is 0 Å². The number of para-hydroxylation sites is 1. The van der Waals surface area contributed by atoms with Crippen LogP contribution in [0.1, 0.15) is 40.0 Å². The van der Waals surface area contributed by atoms with Crippen LogP contribution in [0.25, 0.3) is 57.4 Å². The van der Waals surface area contributed by atoms with Crippen LogP contribution in [0, 0.1) is 26.6 Å². The number of fused-ring (bicyclic) bond motifs is 4. The van der Waals surface area contributed by atoms with Gasteiger partial charge in [-0.25, -0.2) is 33.4 Å². The van der Waals surface area contributed by atoms with Crippen LogP contribution >= 0.6 is 0 Å². The molecule has 0 fully saturated rings. The SMILES string of the molecule is Cc1ccc(C)n2nc(C=Cc3ccc4ccccc4n3)nc12.Cc1ccc(O)c2nc(C=Cc3ccc4cc(F)ccc4n3)nn12. The Morgan fingerprint density at radius 3 is 1.85 bits per heavy atom. The average molecular weight is 621 g/mol. The number of halogens is 1. The van der Waals surface area contributed by atoms with Gasteiger partial charge in [-0.05, 0) is 105 Å². The molecule has 0 saturated heterocycles. The third-order valence-electron chi connectivity index (χ3n) is 7.65. The van der Waals surface area contributed by atoms with Gasteiger partial charge in [0.15, 0.2) is 28.7 Å². The van der Waals surface area contributed by atoms with Gasteiger partial charge in [-0.2, -0.15) is 0 Å². The van der Waals surface area contributed by atoms with Crippen LogP contribution in [0.5, 0.6) is 5.75 Å². The molecule has 8 aromatic rings. The van der Waals surface area contributed by atoms with Crippen LogP contribution in [0.15, 0.2) is 91.0 Å². The second kappa shape index (κ2) is 12.2. The second-order valence-corrected chi connectivity index (χ2v) is 11.1. The highest BCUT2D eigenvalue weighted by molar-refractivity contribution is 5.81. The van der Waals surface area contributed by atoms with E-state index in [1.165, 1.54) is 12.1 Å². The van der Waals surface area contributed by atoms with E-state index in [2.05, 4.69) is 54.4 Å². The maximum Gasteiger partial charge on any atom is 0.198 e. The molecule has 0 bridgehead atoms. The Morgan fingerprint density at radius 2 is 1.17 bits per heavy atom. The smallest absolute Gasteiger partial charge is 0.198 e. The molecule has 0 unspecified atom stereocenters. The number of aromatic hydroxyl groups is 1. The maximum atomic E-state index is 13.2. The summed E-state index contributed by atoms with van der Waals surface area (Å²) in [4.78, 5) is 18.0. The summed E-state index contributed by atoms with van der Waals surface area (Å²) in [7, 11) is 0. The lowest BCUT2D eigenvalue weighted by Crippen LogP contribution is -1.94. The predicted molar refractivity (Wildman–Crippen MR) is 183 cm³/mol. The Balaban J connectivity index is 0.000000150. The molecule has 10 heteroatoms. The zero-order chi connectivity index (χ0) is 32.5. The minimum absolute atomic E-state index is 0.0820. The van der Waals surface area contributed by atoms with Gasteiger partial charge >= 0.3 is 0 Å². The fourth-order valence-electron chi connectivity index (χ4n) is 5.14. The van der Waals surface area contributed by atoms with Gasteiger partial charge in [-0.1, -0.05) is 36.4 Å². The minimum Gasteiger partial charge on any atom is -0.504 e. The molecular formula is C37H29FN8O. The lowest BCUT2D eigenvalue weighted by atomic mass is 10.2. The Bertz CT molecular complexity index is 2420. The Kier molecular flexibility index (Phi) is 7.67. The van der Waals surface area contributed by atoms with E-state index in [4.69, 9.17) is 0 Å². The van der Waals surface area contributed by atoms with Gasteiger partial charge in [0, 0.05) is 22.2 Å². The highest BCUT2D eigenvalue weighted by atomic mass is 19.1. The number of rotatable bonds is 4. The van der Waals surface area contributed by atoms with E-state index in [1.807, 2.05) is 67.8 Å². The molecule has 1 N–H and O–H groups in total. The monoisotopic (exact) mass is 620 g/mol. The van der Waals surface area contributed by atoms with Crippen molar-refractivity contribution in [2.45, 2.75) is 20.8 Å². The fourth-order valence-corrected chi connectivity index (χ4v) is 5.14. The van der Waals surface area contributed by atoms with Crippen LogP contribution in [-0.4, -0.2) is 44.3 Å². The van der Waals surface area contributed by atoms with E-state index in [0.717, 1.165) is 50.1 Å². The van der Waals surface area contributed by atoms with Gasteiger partial charge < -0.3 is 5.11 Å². The Morgan fingerprint density at radius 1 is 0.574 bits per heavy atom. The summed E-state index contributed by atoms with van der Waals surface area (Å²) in [6, 6.07) is 27.8. The Labute approximate surface area is 269 Å². The zero-order valence-corrected chi connectivity index (χ0v) is 25.9. The fraction of sp³-hybridized carbons (Fsp3) is 0.0811. The van der Waals surface area contributed by atoms with E-state index in [-0.39, 0.29) is 11.6 Å². The van der Waals surface area contributed by atoms with Gasteiger partial charge in [0.1, 0.15) is 5.82 Å². The van der Waals surface area contributed by atoms with Crippen molar-refractivity contribution in [1.82, 2.24) is 39.2 Å². The molecule has 0 radical (unpaired) electrons. The zero-order valence-electron chi connectivity index (χ0n) is 25.9. The third-order valence-corrected chi connectivity index (χ3v) is 7.65. The van der Waals surface area contributed by atoms with E-state index >= 15 is 0 Å². The largest absolute Gasteiger partial charge is 0.504 e. The molecule has 0 spiro atoms. The van der Waals surface area contributed by atoms with E-state index < -0.39 is 0 Å². The van der Waals surface area contributed by atoms with Crippen molar-refractivity contribution in [3.05, 3.63) is 137 Å². The van der Waals surface area contributed by atoms with Gasteiger partial charge in [0.25, 0.3) is 0 Å². The summed E-state index contributed by atoms with van der Waals surface area (Å²) in [5.41, 5.74) is 7.70. The summed E-state index contributed by atoms with van der Waals surface area (Å²) in [6.45, 7) is 5.96. The maximum absolute atomic E-state index is 13.2. The molecule has 2 aromatic carbocycles. The van der Waals surface area contributed by atoms with Crippen molar-refractivity contribution in [3.8, 4) is 5.75 Å². The summed E-state index contributed by atoms with van der Waals surface area (Å²) in [5.74, 6) is 0.966. The predicted octanol–water partition coefficient (Wildman–Crippen LogP) is 7.67. The van der Waals surface area contributed by atoms with Crippen molar-refractivity contribution in [1.29, 1.82) is 0 Å². The molecular weight excluding hydrogens is 591 g/mol. The molecule has 0 atom stereocenters. The minimum atomic E-state index is -0.281. The molecule has 47 heavy (non-hydrogen) atoms. The number of hydrogen-bond acceptors (Lipinski definition) is 7. The normalized spacial score (nSPS) is 11.7. The first-order valence-corrected chi connectivity index (χ1v) is 15.0. The molecule has 8 rings (SSSR count). The number of aryl methyl sites for hydroxylation is 3. The van der Waals surface area contributed by atoms with Gasteiger partial charge in [0.2, 0.25) is 0 Å². The first-order valence-electron chi connectivity index (χ1n) is 15.0. The highest BCUT2D eigenvalue weighted by Crippen LogP contribution is 2.20. The standard InChI is InChI=1S/C19H16N4.C18H13FN4O/c1-13-7-8-14(2)23-19(13)21-18(22-23)12-11-16-10-9-15-5-3-4-6-17(15)20-16;1-11-2-8-16(24)18-21-17(22-23(11)18)9-6-14-5-3-12-10-13(19)4-7-15(12)20-14/h3-12H,1-2H3;2-10,24H,1H3. The molecule has 6 heterocycles. The quantitative estimate of drug-likeness (QED) is 0.215. The molecule has 9 nitrogen and oxygen atoms in total. The van der Waals surface area contributed by atoms with E-state index in [0.29, 0.717) is 23.0 Å². The number of hydrogen-bond donors (Lipinski definition) is 1. The first kappa shape index (κ1) is 29.4. The van der Waals surface area contributed by atoms with Gasteiger partial charge in [0.05, 0.1) is 22.4 Å². The third kappa shape index (κ3) is 6.16. The van der Waals surface area contributed by atoms with Crippen LogP contribution in [0.2, 0.25) is 0 Å². The van der Waals surface area contributed by atoms with Crippen molar-refractivity contribution in [2.24, 2.45) is 0 Å². The summed E-state index contributed by atoms with van der Waals surface area (Å²) in [6.07, 6.45) is 7.36. The summed E-state index contributed by atoms with van der Waals surface area (Å²) in [5, 5.41) is 20.6. The molecule has 6 aromatic heterocycles. The second-order valence-electron chi connectivity index (χ2n) is 11.1. The first-order chi connectivity index (χ1) is 22.8. The van der Waals surface area contributed by atoms with E-state index in [9.17, 15) is 9.50 Å². The number of benzene rings is 2. The van der Waals surface area contributed by atoms with Gasteiger partial charge in [-0.15, -0.1) is 10.2 Å². The van der Waals surface area contributed by atoms with Crippen LogP contribution in [0.4, 0.5) is 4.39 Å². The topological polar surface area (TPSA) is 106 Å². The van der Waals surface area contributed by atoms with Crippen molar-refractivity contribution in [2.75, 3.05) is 0 Å². The molecule has 0 aliphatic rings.